The highest BCUT2D eigenvalue weighted by atomic mass is 16.6. The van der Waals surface area contributed by atoms with Gasteiger partial charge in [0.15, 0.2) is 6.10 Å². The number of hydrogen-bond acceptors (Lipinski definition) is 5. The quantitative estimate of drug-likeness (QED) is 0.846. The molecule has 142 valence electrons. The number of hydrogen-bond donors (Lipinski definition) is 1. The van der Waals surface area contributed by atoms with E-state index in [4.69, 9.17) is 9.47 Å². The predicted octanol–water partition coefficient (Wildman–Crippen LogP) is 3.30. The van der Waals surface area contributed by atoms with Crippen molar-refractivity contribution in [3.05, 3.63) is 36.0 Å². The zero-order valence-corrected chi connectivity index (χ0v) is 16.2. The number of fused-ring (bicyclic) bond motifs is 1. The first-order chi connectivity index (χ1) is 11.9. The number of aliphatic hydroxyl groups is 1. The molecular weight excluding hydrogens is 334 g/mol. The molecule has 2 rings (SSSR count). The molecule has 6 heteroatoms. The molecule has 1 unspecified atom stereocenters. The van der Waals surface area contributed by atoms with E-state index in [1.807, 2.05) is 24.3 Å². The molecule has 0 saturated carbocycles. The number of aromatic nitrogens is 1. The van der Waals surface area contributed by atoms with Crippen molar-refractivity contribution >= 4 is 22.8 Å². The molecule has 1 atom stereocenters. The molecule has 2 aromatic rings. The van der Waals surface area contributed by atoms with Crippen molar-refractivity contribution in [2.24, 2.45) is 0 Å². The van der Waals surface area contributed by atoms with E-state index < -0.39 is 29.2 Å². The minimum Gasteiger partial charge on any atom is -0.458 e. The van der Waals surface area contributed by atoms with Crippen LogP contribution in [0.1, 0.15) is 52.0 Å². The number of nitrogens with zero attached hydrogens (tertiary/aromatic N) is 1. The minimum absolute atomic E-state index is 0.100. The Morgan fingerprint density at radius 2 is 1.62 bits per heavy atom. The van der Waals surface area contributed by atoms with Crippen LogP contribution in [0.5, 0.6) is 0 Å². The van der Waals surface area contributed by atoms with Gasteiger partial charge in [0.05, 0.1) is 6.54 Å². The molecule has 0 aliphatic carbocycles. The number of esters is 2. The lowest BCUT2D eigenvalue weighted by Crippen LogP contribution is -2.35. The lowest BCUT2D eigenvalue weighted by molar-refractivity contribution is -0.165. The molecule has 6 nitrogen and oxygen atoms in total. The molecule has 0 radical (unpaired) electrons. The van der Waals surface area contributed by atoms with E-state index in [1.165, 1.54) is 0 Å². The van der Waals surface area contributed by atoms with Gasteiger partial charge in [-0.2, -0.15) is 0 Å². The predicted molar refractivity (Wildman–Crippen MR) is 99.0 cm³/mol. The lowest BCUT2D eigenvalue weighted by Gasteiger charge is -2.23. The maximum Gasteiger partial charge on any atom is 0.355 e. The normalized spacial score (nSPS) is 13.5. The first kappa shape index (κ1) is 20.0. The Balaban J connectivity index is 2.37. The van der Waals surface area contributed by atoms with Gasteiger partial charge >= 0.3 is 11.9 Å². The zero-order valence-electron chi connectivity index (χ0n) is 16.2. The minimum atomic E-state index is -1.40. The number of carbonyl (C=O) groups excluding carboxylic acids is 2. The number of rotatable bonds is 4. The molecule has 0 aliphatic rings. The molecule has 1 aromatic carbocycles. The Kier molecular flexibility index (Phi) is 5.47. The van der Waals surface area contributed by atoms with E-state index in [0.717, 1.165) is 10.9 Å². The second-order valence-corrected chi connectivity index (χ2v) is 8.25. The van der Waals surface area contributed by atoms with Crippen LogP contribution in [0.4, 0.5) is 0 Å². The maximum absolute atomic E-state index is 12.6. The molecule has 0 bridgehead atoms. The number of ether oxygens (including phenoxy) is 2. The van der Waals surface area contributed by atoms with Crippen molar-refractivity contribution in [2.45, 2.75) is 65.4 Å². The smallest absolute Gasteiger partial charge is 0.355 e. The van der Waals surface area contributed by atoms with Crippen molar-refractivity contribution in [1.82, 2.24) is 4.57 Å². The third-order valence-electron chi connectivity index (χ3n) is 3.45. The highest BCUT2D eigenvalue weighted by Gasteiger charge is 2.27. The third-order valence-corrected chi connectivity index (χ3v) is 3.45. The van der Waals surface area contributed by atoms with E-state index in [0.29, 0.717) is 0 Å². The average Bonchev–Trinajstić information content (AvgIpc) is 2.83. The summed E-state index contributed by atoms with van der Waals surface area (Å²) < 4.78 is 12.3. The molecule has 26 heavy (non-hydrogen) atoms. The van der Waals surface area contributed by atoms with Crippen LogP contribution < -0.4 is 0 Å². The number of carbonyl (C=O) groups is 2. The molecule has 0 amide bonds. The van der Waals surface area contributed by atoms with E-state index in [-0.39, 0.29) is 12.2 Å². The summed E-state index contributed by atoms with van der Waals surface area (Å²) in [5.74, 6) is -1.24. The molecule has 1 heterocycles. The van der Waals surface area contributed by atoms with Crippen molar-refractivity contribution in [3.63, 3.8) is 0 Å². The topological polar surface area (TPSA) is 77.8 Å². The van der Waals surface area contributed by atoms with Crippen LogP contribution in [0.3, 0.4) is 0 Å². The fraction of sp³-hybridized carbons (Fsp3) is 0.500. The van der Waals surface area contributed by atoms with Gasteiger partial charge in [-0.1, -0.05) is 18.2 Å². The summed E-state index contributed by atoms with van der Waals surface area (Å²) in [6.07, 6.45) is -1.40. The lowest BCUT2D eigenvalue weighted by atomic mass is 10.2. The van der Waals surface area contributed by atoms with Gasteiger partial charge in [0, 0.05) is 10.9 Å². The molecule has 0 saturated heterocycles. The largest absolute Gasteiger partial charge is 0.458 e. The van der Waals surface area contributed by atoms with E-state index in [2.05, 4.69) is 0 Å². The van der Waals surface area contributed by atoms with E-state index in [1.54, 1.807) is 52.2 Å². The van der Waals surface area contributed by atoms with Crippen molar-refractivity contribution < 1.29 is 24.2 Å². The summed E-state index contributed by atoms with van der Waals surface area (Å²) in [6.45, 7) is 10.4. The van der Waals surface area contributed by atoms with Gasteiger partial charge in [0.2, 0.25) is 0 Å². The number of benzene rings is 1. The summed E-state index contributed by atoms with van der Waals surface area (Å²) in [5, 5.41) is 11.1. The monoisotopic (exact) mass is 361 g/mol. The molecule has 1 aromatic heterocycles. The van der Waals surface area contributed by atoms with Crippen molar-refractivity contribution in [1.29, 1.82) is 0 Å². The summed E-state index contributed by atoms with van der Waals surface area (Å²) in [4.78, 5) is 24.7. The van der Waals surface area contributed by atoms with Gasteiger partial charge in [0.1, 0.15) is 16.9 Å². The molecule has 0 spiro atoms. The summed E-state index contributed by atoms with van der Waals surface area (Å²) in [6, 6.07) is 9.07. The summed E-state index contributed by atoms with van der Waals surface area (Å²) in [5.41, 5.74) is -0.341. The Bertz CT molecular complexity index is 808. The Morgan fingerprint density at radius 1 is 1.04 bits per heavy atom. The first-order valence-electron chi connectivity index (χ1n) is 8.60. The highest BCUT2D eigenvalue weighted by Crippen LogP contribution is 2.23. The van der Waals surface area contributed by atoms with Gasteiger partial charge in [0.25, 0.3) is 0 Å². The van der Waals surface area contributed by atoms with E-state index in [9.17, 15) is 14.7 Å². The second kappa shape index (κ2) is 7.11. The first-order valence-corrected chi connectivity index (χ1v) is 8.60. The Morgan fingerprint density at radius 3 is 2.19 bits per heavy atom. The summed E-state index contributed by atoms with van der Waals surface area (Å²) >= 11 is 0. The fourth-order valence-corrected chi connectivity index (χ4v) is 2.52. The van der Waals surface area contributed by atoms with Gasteiger partial charge in [-0.15, -0.1) is 0 Å². The molecule has 1 N–H and O–H groups in total. The average molecular weight is 361 g/mol. The summed E-state index contributed by atoms with van der Waals surface area (Å²) in [7, 11) is 0. The zero-order chi connectivity index (χ0) is 19.7. The molecule has 0 aliphatic heterocycles. The van der Waals surface area contributed by atoms with E-state index >= 15 is 0 Å². The SMILES string of the molecule is CC(C)(C)OC(=O)c1cc2ccccc2n1CC(O)C(=O)OC(C)(C)C. The van der Waals surface area contributed by atoms with Crippen LogP contribution in [0.15, 0.2) is 30.3 Å². The number of aliphatic hydroxyl groups excluding tert-OH is 1. The van der Waals surface area contributed by atoms with Crippen molar-refractivity contribution in [3.8, 4) is 0 Å². The molecular formula is C20H27NO5. The van der Waals surface area contributed by atoms with Crippen LogP contribution >= 0.6 is 0 Å². The van der Waals surface area contributed by atoms with Gasteiger partial charge in [-0.25, -0.2) is 9.59 Å². The van der Waals surface area contributed by atoms with Gasteiger partial charge < -0.3 is 19.1 Å². The van der Waals surface area contributed by atoms with Crippen LogP contribution in [0, 0.1) is 0 Å². The van der Waals surface area contributed by atoms with Crippen LogP contribution in [-0.4, -0.2) is 38.9 Å². The standard InChI is InChI=1S/C20H27NO5/c1-19(2,3)25-17(23)15-11-13-9-7-8-10-14(13)21(15)12-16(22)18(24)26-20(4,5)6/h7-11,16,22H,12H2,1-6H3. The third kappa shape index (κ3) is 5.08. The second-order valence-electron chi connectivity index (χ2n) is 8.25. The van der Waals surface area contributed by atoms with Crippen LogP contribution in [-0.2, 0) is 20.8 Å². The van der Waals surface area contributed by atoms with Crippen LogP contribution in [0.2, 0.25) is 0 Å². The number of para-hydroxylation sites is 1. The maximum atomic E-state index is 12.6. The molecule has 0 fully saturated rings. The fourth-order valence-electron chi connectivity index (χ4n) is 2.52. The van der Waals surface area contributed by atoms with Gasteiger partial charge in [-0.05, 0) is 53.7 Å². The van der Waals surface area contributed by atoms with Crippen LogP contribution in [0.25, 0.3) is 10.9 Å². The van der Waals surface area contributed by atoms with Crippen molar-refractivity contribution in [2.75, 3.05) is 0 Å². The Labute approximate surface area is 153 Å². The Hall–Kier alpha value is -2.34. The highest BCUT2D eigenvalue weighted by molar-refractivity contribution is 5.96. The van der Waals surface area contributed by atoms with Gasteiger partial charge in [-0.3, -0.25) is 0 Å².